The molecule has 2 aromatic rings. The second-order valence-electron chi connectivity index (χ2n) is 8.81. The van der Waals surface area contributed by atoms with Gasteiger partial charge in [-0.15, -0.1) is 0 Å². The number of likely N-dealkylation sites (tertiary alicyclic amines) is 2. The van der Waals surface area contributed by atoms with Crippen LogP contribution in [-0.4, -0.2) is 66.7 Å². The first-order chi connectivity index (χ1) is 16.6. The average Bonchev–Trinajstić information content (AvgIpc) is 2.88. The minimum atomic E-state index is -0.590. The maximum Gasteiger partial charge on any atom is 0.407 e. The molecule has 2 saturated heterocycles. The lowest BCUT2D eigenvalue weighted by molar-refractivity contribution is -0.131. The second kappa shape index (κ2) is 11.8. The average molecular weight is 470 g/mol. The molecule has 2 heterocycles. The molecule has 4 rings (SSSR count). The molecular formula is C26H32FN3O4. The SMILES string of the molecule is O=C(NCC(=O)N1CCC(N2CCC(Oc3ccccc3F)CC2)CC1)OCc1ccccc1. The van der Waals surface area contributed by atoms with Crippen LogP contribution >= 0.6 is 0 Å². The van der Waals surface area contributed by atoms with Gasteiger partial charge in [-0.05, 0) is 43.4 Å². The van der Waals surface area contributed by atoms with E-state index in [2.05, 4.69) is 10.2 Å². The zero-order valence-electron chi connectivity index (χ0n) is 19.3. The number of ether oxygens (including phenoxy) is 2. The van der Waals surface area contributed by atoms with Gasteiger partial charge in [0.25, 0.3) is 0 Å². The molecule has 0 aliphatic carbocycles. The summed E-state index contributed by atoms with van der Waals surface area (Å²) in [7, 11) is 0. The number of hydrogen-bond donors (Lipinski definition) is 1. The van der Waals surface area contributed by atoms with Crippen molar-refractivity contribution < 1.29 is 23.5 Å². The first-order valence-electron chi connectivity index (χ1n) is 12.0. The first-order valence-corrected chi connectivity index (χ1v) is 12.0. The zero-order valence-corrected chi connectivity index (χ0v) is 19.3. The second-order valence-corrected chi connectivity index (χ2v) is 8.81. The van der Waals surface area contributed by atoms with Crippen LogP contribution in [-0.2, 0) is 16.1 Å². The van der Waals surface area contributed by atoms with Crippen molar-refractivity contribution in [1.82, 2.24) is 15.1 Å². The smallest absolute Gasteiger partial charge is 0.407 e. The first kappa shape index (κ1) is 24.0. The molecule has 0 bridgehead atoms. The van der Waals surface area contributed by atoms with Gasteiger partial charge in [-0.3, -0.25) is 9.69 Å². The van der Waals surface area contributed by atoms with Crippen molar-refractivity contribution in [2.75, 3.05) is 32.7 Å². The Morgan fingerprint density at radius 2 is 1.59 bits per heavy atom. The number of nitrogens with one attached hydrogen (secondary N) is 1. The number of carbonyl (C=O) groups excluding carboxylic acids is 2. The Morgan fingerprint density at radius 1 is 0.912 bits per heavy atom. The number of hydrogen-bond acceptors (Lipinski definition) is 5. The van der Waals surface area contributed by atoms with Crippen LogP contribution < -0.4 is 10.1 Å². The normalized spacial score (nSPS) is 17.9. The molecule has 0 spiro atoms. The highest BCUT2D eigenvalue weighted by atomic mass is 19.1. The monoisotopic (exact) mass is 469 g/mol. The van der Waals surface area contributed by atoms with E-state index in [1.54, 1.807) is 18.2 Å². The molecule has 2 fully saturated rings. The van der Waals surface area contributed by atoms with Crippen LogP contribution in [0.5, 0.6) is 5.75 Å². The topological polar surface area (TPSA) is 71.1 Å². The van der Waals surface area contributed by atoms with Crippen LogP contribution in [0.2, 0.25) is 0 Å². The Kier molecular flexibility index (Phi) is 8.36. The molecule has 2 aliphatic heterocycles. The molecule has 0 saturated carbocycles. The van der Waals surface area contributed by atoms with Crippen LogP contribution in [0, 0.1) is 5.82 Å². The molecule has 7 nitrogen and oxygen atoms in total. The molecule has 34 heavy (non-hydrogen) atoms. The molecule has 0 unspecified atom stereocenters. The number of alkyl carbamates (subject to hydrolysis) is 1. The summed E-state index contributed by atoms with van der Waals surface area (Å²) < 4.78 is 24.8. The van der Waals surface area contributed by atoms with Gasteiger partial charge in [0.05, 0.1) is 0 Å². The number of carbonyl (C=O) groups is 2. The Labute approximate surface area is 199 Å². The Balaban J connectivity index is 1.12. The van der Waals surface area contributed by atoms with Crippen LogP contribution in [0.1, 0.15) is 31.2 Å². The highest BCUT2D eigenvalue weighted by molar-refractivity contribution is 5.82. The molecule has 2 aromatic carbocycles. The van der Waals surface area contributed by atoms with E-state index in [0.717, 1.165) is 44.3 Å². The summed E-state index contributed by atoms with van der Waals surface area (Å²) in [5.74, 6) is -0.0849. The summed E-state index contributed by atoms with van der Waals surface area (Å²) in [6, 6.07) is 16.4. The number of rotatable bonds is 7. The number of piperidine rings is 2. The lowest BCUT2D eigenvalue weighted by Gasteiger charge is -2.41. The van der Waals surface area contributed by atoms with E-state index in [0.29, 0.717) is 24.9 Å². The number of benzene rings is 2. The van der Waals surface area contributed by atoms with Gasteiger partial charge in [-0.1, -0.05) is 42.5 Å². The van der Waals surface area contributed by atoms with Gasteiger partial charge in [0, 0.05) is 32.2 Å². The van der Waals surface area contributed by atoms with Gasteiger partial charge in [-0.2, -0.15) is 0 Å². The van der Waals surface area contributed by atoms with Crippen molar-refractivity contribution in [3.05, 3.63) is 66.0 Å². The minimum absolute atomic E-state index is 0.0301. The summed E-state index contributed by atoms with van der Waals surface area (Å²) in [6.07, 6.45) is 2.98. The Morgan fingerprint density at radius 3 is 2.29 bits per heavy atom. The van der Waals surface area contributed by atoms with Crippen molar-refractivity contribution in [3.8, 4) is 5.75 Å². The van der Waals surface area contributed by atoms with Gasteiger partial charge in [0.15, 0.2) is 11.6 Å². The molecule has 0 aromatic heterocycles. The summed E-state index contributed by atoms with van der Waals surface area (Å²) in [5.41, 5.74) is 0.897. The van der Waals surface area contributed by atoms with Gasteiger partial charge < -0.3 is 19.7 Å². The van der Waals surface area contributed by atoms with Crippen LogP contribution in [0.3, 0.4) is 0 Å². The zero-order chi connectivity index (χ0) is 23.8. The van der Waals surface area contributed by atoms with Crippen molar-refractivity contribution in [2.45, 2.75) is 44.4 Å². The fraction of sp³-hybridized carbons (Fsp3) is 0.462. The molecule has 2 aliphatic rings. The van der Waals surface area contributed by atoms with Crippen LogP contribution in [0.25, 0.3) is 0 Å². The lowest BCUT2D eigenvalue weighted by Crippen LogP contribution is -2.51. The summed E-state index contributed by atoms with van der Waals surface area (Å²) in [4.78, 5) is 28.6. The summed E-state index contributed by atoms with van der Waals surface area (Å²) in [6.45, 7) is 3.29. The van der Waals surface area contributed by atoms with E-state index in [1.165, 1.54) is 6.07 Å². The molecule has 2 amide bonds. The predicted octanol–water partition coefficient (Wildman–Crippen LogP) is 3.59. The highest BCUT2D eigenvalue weighted by Gasteiger charge is 2.30. The molecule has 0 atom stereocenters. The molecule has 1 N–H and O–H groups in total. The van der Waals surface area contributed by atoms with Gasteiger partial charge in [0.1, 0.15) is 19.3 Å². The van der Waals surface area contributed by atoms with Crippen molar-refractivity contribution in [2.24, 2.45) is 0 Å². The van der Waals surface area contributed by atoms with E-state index >= 15 is 0 Å². The van der Waals surface area contributed by atoms with E-state index in [4.69, 9.17) is 9.47 Å². The van der Waals surface area contributed by atoms with E-state index in [9.17, 15) is 14.0 Å². The van der Waals surface area contributed by atoms with E-state index in [-0.39, 0.29) is 31.0 Å². The van der Waals surface area contributed by atoms with E-state index in [1.807, 2.05) is 35.2 Å². The van der Waals surface area contributed by atoms with Crippen molar-refractivity contribution in [1.29, 1.82) is 0 Å². The summed E-state index contributed by atoms with van der Waals surface area (Å²) in [5, 5.41) is 2.55. The number of halogens is 1. The number of para-hydroxylation sites is 1. The fourth-order valence-corrected chi connectivity index (χ4v) is 4.59. The van der Waals surface area contributed by atoms with Gasteiger partial charge in [0.2, 0.25) is 5.91 Å². The van der Waals surface area contributed by atoms with E-state index < -0.39 is 6.09 Å². The molecule has 0 radical (unpaired) electrons. The maximum absolute atomic E-state index is 13.8. The van der Waals surface area contributed by atoms with Gasteiger partial charge in [-0.25, -0.2) is 9.18 Å². The number of nitrogens with zero attached hydrogens (tertiary/aromatic N) is 2. The Hall–Kier alpha value is -3.13. The minimum Gasteiger partial charge on any atom is -0.487 e. The third-order valence-electron chi connectivity index (χ3n) is 6.54. The van der Waals surface area contributed by atoms with Crippen molar-refractivity contribution in [3.63, 3.8) is 0 Å². The largest absolute Gasteiger partial charge is 0.487 e. The molecular weight excluding hydrogens is 437 g/mol. The Bertz CT molecular complexity index is 942. The predicted molar refractivity (Wildman–Crippen MR) is 126 cm³/mol. The highest BCUT2D eigenvalue weighted by Crippen LogP contribution is 2.25. The molecule has 8 heteroatoms. The molecule has 182 valence electrons. The maximum atomic E-state index is 13.8. The number of amides is 2. The van der Waals surface area contributed by atoms with Crippen LogP contribution in [0.15, 0.2) is 54.6 Å². The fourth-order valence-electron chi connectivity index (χ4n) is 4.59. The van der Waals surface area contributed by atoms with Gasteiger partial charge >= 0.3 is 6.09 Å². The van der Waals surface area contributed by atoms with Crippen LogP contribution in [0.4, 0.5) is 9.18 Å². The summed E-state index contributed by atoms with van der Waals surface area (Å²) >= 11 is 0. The third-order valence-corrected chi connectivity index (χ3v) is 6.54. The van der Waals surface area contributed by atoms with Crippen molar-refractivity contribution >= 4 is 12.0 Å². The quantitative estimate of drug-likeness (QED) is 0.671. The lowest BCUT2D eigenvalue weighted by atomic mass is 9.98. The standard InChI is InChI=1S/C26H32FN3O4/c27-23-8-4-5-9-24(23)34-22-12-16-29(17-13-22)21-10-14-30(15-11-21)25(31)18-28-26(32)33-19-20-6-2-1-3-7-20/h1-9,21-22H,10-19H2,(H,28,32). The third kappa shape index (κ3) is 6.70.